The largest absolute Gasteiger partial charge is 0.329 e. The van der Waals surface area contributed by atoms with Crippen LogP contribution in [0.5, 0.6) is 0 Å². The molecule has 0 saturated heterocycles. The van der Waals surface area contributed by atoms with Crippen molar-refractivity contribution in [3.8, 4) is 0 Å². The van der Waals surface area contributed by atoms with Crippen molar-refractivity contribution < 1.29 is 4.79 Å². The second kappa shape index (κ2) is 8.63. The van der Waals surface area contributed by atoms with Crippen LogP contribution in [0.2, 0.25) is 0 Å². The zero-order valence-corrected chi connectivity index (χ0v) is 13.6. The van der Waals surface area contributed by atoms with Crippen molar-refractivity contribution in [2.45, 2.75) is 6.42 Å². The molecule has 2 N–H and O–H groups in total. The lowest BCUT2D eigenvalue weighted by Crippen LogP contribution is -2.41. The standard InChI is InChI=1S/C16H22N4OS/c1-19(16-18-9-12-22-16)15(21)13-20(11-8-17)10-7-14-5-3-2-4-6-14/h2-6,9,12H,7-8,10-11,13,17H2,1H3. The van der Waals surface area contributed by atoms with Crippen LogP contribution in [-0.4, -0.2) is 49.0 Å². The number of carbonyl (C=O) groups excluding carboxylic acids is 1. The van der Waals surface area contributed by atoms with Gasteiger partial charge in [-0.15, -0.1) is 11.3 Å². The Balaban J connectivity index is 1.89. The number of thiazole rings is 1. The molecule has 0 aliphatic carbocycles. The molecule has 2 rings (SSSR count). The van der Waals surface area contributed by atoms with E-state index >= 15 is 0 Å². The molecule has 22 heavy (non-hydrogen) atoms. The third-order valence-corrected chi connectivity index (χ3v) is 4.29. The third kappa shape index (κ3) is 4.91. The highest BCUT2D eigenvalue weighted by atomic mass is 32.1. The molecule has 1 heterocycles. The zero-order valence-electron chi connectivity index (χ0n) is 12.8. The Bertz CT molecular complexity index is 559. The molecule has 0 aliphatic heterocycles. The van der Waals surface area contributed by atoms with Crippen molar-refractivity contribution >= 4 is 22.4 Å². The summed E-state index contributed by atoms with van der Waals surface area (Å²) in [6.45, 7) is 2.44. The Morgan fingerprint density at radius 1 is 1.27 bits per heavy atom. The van der Waals surface area contributed by atoms with Crippen molar-refractivity contribution in [3.05, 3.63) is 47.5 Å². The number of benzene rings is 1. The van der Waals surface area contributed by atoms with Crippen molar-refractivity contribution in [1.29, 1.82) is 0 Å². The Morgan fingerprint density at radius 3 is 2.68 bits per heavy atom. The first-order valence-corrected chi connectivity index (χ1v) is 8.21. The molecule has 0 atom stereocenters. The van der Waals surface area contributed by atoms with Crippen LogP contribution >= 0.6 is 11.3 Å². The normalized spacial score (nSPS) is 10.9. The highest BCUT2D eigenvalue weighted by molar-refractivity contribution is 7.13. The van der Waals surface area contributed by atoms with Crippen molar-refractivity contribution in [2.75, 3.05) is 38.1 Å². The summed E-state index contributed by atoms with van der Waals surface area (Å²) in [6, 6.07) is 10.3. The van der Waals surface area contributed by atoms with Gasteiger partial charge in [0.1, 0.15) is 0 Å². The third-order valence-electron chi connectivity index (χ3n) is 3.44. The summed E-state index contributed by atoms with van der Waals surface area (Å²) < 4.78 is 0. The predicted molar refractivity (Wildman–Crippen MR) is 91.2 cm³/mol. The number of nitrogens with zero attached hydrogens (tertiary/aromatic N) is 3. The molecule has 5 nitrogen and oxygen atoms in total. The molecule has 0 radical (unpaired) electrons. The minimum absolute atomic E-state index is 0.0384. The molecule has 0 aliphatic rings. The minimum Gasteiger partial charge on any atom is -0.329 e. The van der Waals surface area contributed by atoms with Crippen LogP contribution in [0.25, 0.3) is 0 Å². The van der Waals surface area contributed by atoms with Crippen LogP contribution in [-0.2, 0) is 11.2 Å². The molecule has 0 bridgehead atoms. The number of likely N-dealkylation sites (N-methyl/N-ethyl adjacent to an activating group) is 1. The highest BCUT2D eigenvalue weighted by Gasteiger charge is 2.16. The number of anilines is 1. The van der Waals surface area contributed by atoms with E-state index in [0.29, 0.717) is 19.6 Å². The van der Waals surface area contributed by atoms with Gasteiger partial charge in [0.25, 0.3) is 0 Å². The van der Waals surface area contributed by atoms with Crippen molar-refractivity contribution in [1.82, 2.24) is 9.88 Å². The number of hydrogen-bond acceptors (Lipinski definition) is 5. The molecule has 0 saturated carbocycles. The maximum atomic E-state index is 12.3. The van der Waals surface area contributed by atoms with E-state index in [9.17, 15) is 4.79 Å². The molecule has 6 heteroatoms. The quantitative estimate of drug-likeness (QED) is 0.803. The van der Waals surface area contributed by atoms with Gasteiger partial charge in [-0.05, 0) is 12.0 Å². The summed E-state index contributed by atoms with van der Waals surface area (Å²) in [5.74, 6) is 0.0384. The van der Waals surface area contributed by atoms with Crippen molar-refractivity contribution in [2.24, 2.45) is 5.73 Å². The maximum absolute atomic E-state index is 12.3. The topological polar surface area (TPSA) is 62.5 Å². The molecule has 1 aromatic heterocycles. The second-order valence-electron chi connectivity index (χ2n) is 5.07. The SMILES string of the molecule is CN(C(=O)CN(CCN)CCc1ccccc1)c1nccs1. The fourth-order valence-electron chi connectivity index (χ4n) is 2.17. The predicted octanol–water partition coefficient (Wildman–Crippen LogP) is 1.61. The lowest BCUT2D eigenvalue weighted by Gasteiger charge is -2.23. The Kier molecular flexibility index (Phi) is 6.51. The van der Waals surface area contributed by atoms with Gasteiger partial charge in [0.05, 0.1) is 6.54 Å². The van der Waals surface area contributed by atoms with Gasteiger partial charge in [-0.1, -0.05) is 30.3 Å². The van der Waals surface area contributed by atoms with Gasteiger partial charge < -0.3 is 5.73 Å². The molecule has 0 unspecified atom stereocenters. The maximum Gasteiger partial charge on any atom is 0.242 e. The number of carbonyl (C=O) groups is 1. The average molecular weight is 318 g/mol. The van der Waals surface area contributed by atoms with Crippen LogP contribution in [0, 0.1) is 0 Å². The molecular formula is C16H22N4OS. The smallest absolute Gasteiger partial charge is 0.242 e. The first-order chi connectivity index (χ1) is 10.7. The first-order valence-electron chi connectivity index (χ1n) is 7.33. The second-order valence-corrected chi connectivity index (χ2v) is 5.94. The van der Waals surface area contributed by atoms with E-state index < -0.39 is 0 Å². The summed E-state index contributed by atoms with van der Waals surface area (Å²) in [4.78, 5) is 20.2. The Hall–Kier alpha value is -1.76. The molecule has 0 fully saturated rings. The number of amides is 1. The van der Waals surface area contributed by atoms with E-state index in [1.165, 1.54) is 16.9 Å². The van der Waals surface area contributed by atoms with Gasteiger partial charge in [-0.2, -0.15) is 0 Å². The molecule has 2 aromatic rings. The zero-order chi connectivity index (χ0) is 15.8. The van der Waals surface area contributed by atoms with Gasteiger partial charge >= 0.3 is 0 Å². The number of rotatable bonds is 8. The summed E-state index contributed by atoms with van der Waals surface area (Å²) >= 11 is 1.46. The lowest BCUT2D eigenvalue weighted by atomic mass is 10.1. The van der Waals surface area contributed by atoms with E-state index in [2.05, 4.69) is 22.0 Å². The van der Waals surface area contributed by atoms with Crippen LogP contribution in [0.3, 0.4) is 0 Å². The average Bonchev–Trinajstić information content (AvgIpc) is 3.07. The number of nitrogens with two attached hydrogens (primary N) is 1. The van der Waals surface area contributed by atoms with E-state index in [1.807, 2.05) is 23.6 Å². The van der Waals surface area contributed by atoms with Gasteiger partial charge in [-0.3, -0.25) is 14.6 Å². The van der Waals surface area contributed by atoms with Crippen LogP contribution in [0.1, 0.15) is 5.56 Å². The summed E-state index contributed by atoms with van der Waals surface area (Å²) in [6.07, 6.45) is 2.62. The van der Waals surface area contributed by atoms with E-state index in [0.717, 1.165) is 18.1 Å². The molecule has 118 valence electrons. The monoisotopic (exact) mass is 318 g/mol. The van der Waals surface area contributed by atoms with Crippen LogP contribution in [0.4, 0.5) is 5.13 Å². The van der Waals surface area contributed by atoms with Gasteiger partial charge in [-0.25, -0.2) is 4.98 Å². The minimum atomic E-state index is 0.0384. The van der Waals surface area contributed by atoms with E-state index in [-0.39, 0.29) is 5.91 Å². The van der Waals surface area contributed by atoms with Crippen LogP contribution < -0.4 is 10.6 Å². The molecule has 0 spiro atoms. The van der Waals surface area contributed by atoms with E-state index in [4.69, 9.17) is 5.73 Å². The van der Waals surface area contributed by atoms with Crippen LogP contribution in [0.15, 0.2) is 41.9 Å². The molecule has 1 amide bonds. The van der Waals surface area contributed by atoms with Gasteiger partial charge in [0, 0.05) is 38.3 Å². The van der Waals surface area contributed by atoms with E-state index in [1.54, 1.807) is 18.1 Å². The van der Waals surface area contributed by atoms with Crippen molar-refractivity contribution in [3.63, 3.8) is 0 Å². The molecule has 1 aromatic carbocycles. The van der Waals surface area contributed by atoms with Gasteiger partial charge in [0.2, 0.25) is 5.91 Å². The number of hydrogen-bond donors (Lipinski definition) is 1. The summed E-state index contributed by atoms with van der Waals surface area (Å²) in [5.41, 5.74) is 6.94. The lowest BCUT2D eigenvalue weighted by molar-refractivity contribution is -0.119. The Morgan fingerprint density at radius 2 is 2.05 bits per heavy atom. The number of aromatic nitrogens is 1. The fourth-order valence-corrected chi connectivity index (χ4v) is 2.80. The first kappa shape index (κ1) is 16.6. The summed E-state index contributed by atoms with van der Waals surface area (Å²) in [5, 5.41) is 2.59. The fraction of sp³-hybridized carbons (Fsp3) is 0.375. The summed E-state index contributed by atoms with van der Waals surface area (Å²) in [7, 11) is 1.76. The molecular weight excluding hydrogens is 296 g/mol. The Labute approximate surface area is 135 Å². The highest BCUT2D eigenvalue weighted by Crippen LogP contribution is 2.15. The van der Waals surface area contributed by atoms with Gasteiger partial charge in [0.15, 0.2) is 5.13 Å².